The molecule has 1 aliphatic carbocycles. The van der Waals surface area contributed by atoms with Gasteiger partial charge in [0.1, 0.15) is 0 Å². The third kappa shape index (κ3) is 4.05. The van der Waals surface area contributed by atoms with E-state index < -0.39 is 0 Å². The molecule has 0 bridgehead atoms. The number of nitrogens with zero attached hydrogens (tertiary/aromatic N) is 1. The molecule has 0 amide bonds. The van der Waals surface area contributed by atoms with Gasteiger partial charge in [-0.15, -0.1) is 11.3 Å². The van der Waals surface area contributed by atoms with Gasteiger partial charge in [-0.05, 0) is 38.5 Å². The molecule has 1 saturated carbocycles. The summed E-state index contributed by atoms with van der Waals surface area (Å²) in [6.45, 7) is 2.83. The van der Waals surface area contributed by atoms with Crippen LogP contribution < -0.4 is 5.73 Å². The second-order valence-electron chi connectivity index (χ2n) is 4.84. The first-order chi connectivity index (χ1) is 8.28. The average molecular weight is 254 g/mol. The van der Waals surface area contributed by atoms with Gasteiger partial charge in [0.2, 0.25) is 0 Å². The number of rotatable bonds is 5. The minimum absolute atomic E-state index is 0.333. The molecule has 1 aliphatic rings. The molecule has 1 heterocycles. The van der Waals surface area contributed by atoms with Crippen molar-refractivity contribution < 1.29 is 4.74 Å². The molecule has 2 N–H and O–H groups in total. The van der Waals surface area contributed by atoms with Crippen molar-refractivity contribution in [3.8, 4) is 0 Å². The fourth-order valence-corrected chi connectivity index (χ4v) is 3.16. The summed E-state index contributed by atoms with van der Waals surface area (Å²) in [7, 11) is 0. The van der Waals surface area contributed by atoms with Gasteiger partial charge in [0.05, 0.1) is 23.4 Å². The molecule has 1 fully saturated rings. The Hall–Kier alpha value is -0.450. The van der Waals surface area contributed by atoms with E-state index in [4.69, 9.17) is 10.5 Å². The smallest absolute Gasteiger partial charge is 0.0929 e. The number of hydrogen-bond donors (Lipinski definition) is 1. The van der Waals surface area contributed by atoms with Crippen LogP contribution in [0.3, 0.4) is 0 Å². The lowest BCUT2D eigenvalue weighted by molar-refractivity contribution is 0.0109. The lowest BCUT2D eigenvalue weighted by Crippen LogP contribution is -2.32. The highest BCUT2D eigenvalue weighted by molar-refractivity contribution is 7.09. The molecule has 0 spiro atoms. The molecule has 2 rings (SSSR count). The second kappa shape index (κ2) is 6.47. The minimum Gasteiger partial charge on any atom is -0.372 e. The lowest BCUT2D eigenvalue weighted by atomic mass is 9.94. The van der Waals surface area contributed by atoms with E-state index in [9.17, 15) is 0 Å². The molecule has 1 aromatic heterocycles. The third-order valence-electron chi connectivity index (χ3n) is 3.20. The van der Waals surface area contributed by atoms with Crippen LogP contribution in [0.15, 0.2) is 5.38 Å². The quantitative estimate of drug-likeness (QED) is 0.879. The number of aryl methyl sites for hydroxylation is 1. The van der Waals surface area contributed by atoms with Gasteiger partial charge in [-0.3, -0.25) is 0 Å². The first kappa shape index (κ1) is 13.0. The van der Waals surface area contributed by atoms with Gasteiger partial charge in [-0.25, -0.2) is 4.98 Å². The molecule has 96 valence electrons. The number of thiazole rings is 1. The van der Waals surface area contributed by atoms with Crippen LogP contribution in [-0.4, -0.2) is 17.1 Å². The Balaban J connectivity index is 1.76. The lowest BCUT2D eigenvalue weighted by Gasteiger charge is -2.26. The highest BCUT2D eigenvalue weighted by Gasteiger charge is 2.19. The third-order valence-corrected chi connectivity index (χ3v) is 4.15. The predicted octanol–water partition coefficient (Wildman–Crippen LogP) is 2.88. The number of hydrogen-bond acceptors (Lipinski definition) is 4. The molecule has 2 atom stereocenters. The van der Waals surface area contributed by atoms with E-state index in [-0.39, 0.29) is 0 Å². The van der Waals surface area contributed by atoms with Gasteiger partial charge < -0.3 is 10.5 Å². The van der Waals surface area contributed by atoms with E-state index in [1.165, 1.54) is 11.4 Å². The van der Waals surface area contributed by atoms with Crippen LogP contribution in [0.1, 0.15) is 49.7 Å². The summed E-state index contributed by atoms with van der Waals surface area (Å²) in [6, 6.07) is 0.333. The highest BCUT2D eigenvalue weighted by atomic mass is 32.1. The summed E-state index contributed by atoms with van der Waals surface area (Å²) in [4.78, 5) is 4.57. The van der Waals surface area contributed by atoms with Crippen LogP contribution in [0.4, 0.5) is 0 Å². The summed E-state index contributed by atoms with van der Waals surface area (Å²) in [6.07, 6.45) is 7.09. The number of nitrogens with two attached hydrogens (primary N) is 1. The van der Waals surface area contributed by atoms with E-state index in [0.29, 0.717) is 18.8 Å². The Bertz CT molecular complexity index is 340. The summed E-state index contributed by atoms with van der Waals surface area (Å²) >= 11 is 1.75. The van der Waals surface area contributed by atoms with Crippen molar-refractivity contribution in [3.05, 3.63) is 16.1 Å². The van der Waals surface area contributed by atoms with E-state index in [2.05, 4.69) is 17.3 Å². The monoisotopic (exact) mass is 254 g/mol. The van der Waals surface area contributed by atoms with Crippen LogP contribution in [0.5, 0.6) is 0 Å². The molecule has 2 unspecified atom stereocenters. The van der Waals surface area contributed by atoms with Crippen molar-refractivity contribution in [1.29, 1.82) is 0 Å². The summed E-state index contributed by atoms with van der Waals surface area (Å²) in [5, 5.41) is 3.35. The van der Waals surface area contributed by atoms with Gasteiger partial charge in [0.15, 0.2) is 0 Å². The Morgan fingerprint density at radius 3 is 3.18 bits per heavy atom. The van der Waals surface area contributed by atoms with Crippen molar-refractivity contribution in [2.45, 2.75) is 64.2 Å². The van der Waals surface area contributed by atoms with E-state index in [1.54, 1.807) is 11.3 Å². The maximum atomic E-state index is 5.94. The van der Waals surface area contributed by atoms with Crippen molar-refractivity contribution in [2.75, 3.05) is 0 Å². The van der Waals surface area contributed by atoms with Gasteiger partial charge in [-0.1, -0.05) is 6.92 Å². The second-order valence-corrected chi connectivity index (χ2v) is 5.78. The first-order valence-electron chi connectivity index (χ1n) is 6.58. The van der Waals surface area contributed by atoms with Crippen molar-refractivity contribution in [1.82, 2.24) is 4.98 Å². The Labute approximate surface area is 107 Å². The topological polar surface area (TPSA) is 48.1 Å². The zero-order valence-electron chi connectivity index (χ0n) is 10.5. The number of ether oxygens (including phenoxy) is 1. The average Bonchev–Trinajstić information content (AvgIpc) is 2.75. The maximum Gasteiger partial charge on any atom is 0.0929 e. The normalized spacial score (nSPS) is 25.1. The summed E-state index contributed by atoms with van der Waals surface area (Å²) in [5.74, 6) is 0. The van der Waals surface area contributed by atoms with Gasteiger partial charge in [-0.2, -0.15) is 0 Å². The van der Waals surface area contributed by atoms with Crippen LogP contribution in [0.2, 0.25) is 0 Å². The summed E-state index contributed by atoms with van der Waals surface area (Å²) in [5.41, 5.74) is 7.03. The van der Waals surface area contributed by atoms with E-state index in [0.717, 1.165) is 37.8 Å². The molecule has 0 radical (unpaired) electrons. The minimum atomic E-state index is 0.333. The van der Waals surface area contributed by atoms with Gasteiger partial charge >= 0.3 is 0 Å². The number of aromatic nitrogens is 1. The van der Waals surface area contributed by atoms with Crippen molar-refractivity contribution in [2.24, 2.45) is 5.73 Å². The Kier molecular flexibility index (Phi) is 4.95. The molecule has 4 heteroatoms. The predicted molar refractivity (Wildman–Crippen MR) is 71.1 cm³/mol. The van der Waals surface area contributed by atoms with Crippen molar-refractivity contribution in [3.63, 3.8) is 0 Å². The molecule has 3 nitrogen and oxygen atoms in total. The molecule has 17 heavy (non-hydrogen) atoms. The van der Waals surface area contributed by atoms with Gasteiger partial charge in [0, 0.05) is 11.4 Å². The van der Waals surface area contributed by atoms with E-state index in [1.807, 2.05) is 0 Å². The highest BCUT2D eigenvalue weighted by Crippen LogP contribution is 2.21. The van der Waals surface area contributed by atoms with Crippen molar-refractivity contribution >= 4 is 11.3 Å². The standard InChI is InChI=1S/C13H22N2OS/c1-2-4-13-15-11(9-17-13)8-16-12-6-3-5-10(14)7-12/h9-10,12H,2-8,14H2,1H3. The van der Waals surface area contributed by atoms with Crippen LogP contribution in [0, 0.1) is 0 Å². The molecule has 0 aromatic carbocycles. The molecular weight excluding hydrogens is 232 g/mol. The Morgan fingerprint density at radius 1 is 1.53 bits per heavy atom. The van der Waals surface area contributed by atoms with E-state index >= 15 is 0 Å². The molecule has 0 aliphatic heterocycles. The first-order valence-corrected chi connectivity index (χ1v) is 7.46. The molecular formula is C13H22N2OS. The van der Waals surface area contributed by atoms with Gasteiger partial charge in [0.25, 0.3) is 0 Å². The fourth-order valence-electron chi connectivity index (χ4n) is 2.28. The largest absolute Gasteiger partial charge is 0.372 e. The zero-order chi connectivity index (χ0) is 12.1. The van der Waals surface area contributed by atoms with Crippen LogP contribution >= 0.6 is 11.3 Å². The van der Waals surface area contributed by atoms with Crippen LogP contribution in [0.25, 0.3) is 0 Å². The zero-order valence-corrected chi connectivity index (χ0v) is 11.3. The molecule has 1 aromatic rings. The maximum absolute atomic E-state index is 5.94. The molecule has 0 saturated heterocycles. The fraction of sp³-hybridized carbons (Fsp3) is 0.769. The Morgan fingerprint density at radius 2 is 2.41 bits per heavy atom. The summed E-state index contributed by atoms with van der Waals surface area (Å²) < 4.78 is 5.90. The SMILES string of the molecule is CCCc1nc(COC2CCCC(N)C2)cs1. The van der Waals surface area contributed by atoms with Crippen LogP contribution in [-0.2, 0) is 17.8 Å².